The fraction of sp³-hybridized carbons (Fsp3) is 0.733. The SMILES string of the molecule is CCCOC(=O)OC(CCCCCC(=O)OC)(OC(=O)O)C(=O)OC. The van der Waals surface area contributed by atoms with Gasteiger partial charge >= 0.3 is 30.0 Å². The minimum absolute atomic E-state index is 0.0300. The fourth-order valence-corrected chi connectivity index (χ4v) is 1.86. The average molecular weight is 364 g/mol. The first-order valence-corrected chi connectivity index (χ1v) is 7.74. The molecule has 25 heavy (non-hydrogen) atoms. The van der Waals surface area contributed by atoms with Crippen molar-refractivity contribution in [3.8, 4) is 0 Å². The summed E-state index contributed by atoms with van der Waals surface area (Å²) in [6.07, 6.45) is -1.57. The van der Waals surface area contributed by atoms with Crippen LogP contribution in [0.1, 0.15) is 45.4 Å². The fourth-order valence-electron chi connectivity index (χ4n) is 1.86. The Hall–Kier alpha value is -2.52. The Morgan fingerprint density at radius 1 is 0.960 bits per heavy atom. The Morgan fingerprint density at radius 3 is 2.16 bits per heavy atom. The largest absolute Gasteiger partial charge is 0.512 e. The Labute approximate surface area is 145 Å². The third-order valence-electron chi connectivity index (χ3n) is 3.04. The molecule has 144 valence electrons. The van der Waals surface area contributed by atoms with Gasteiger partial charge in [0, 0.05) is 12.8 Å². The Kier molecular flexibility index (Phi) is 10.7. The summed E-state index contributed by atoms with van der Waals surface area (Å²) in [4.78, 5) is 45.6. The van der Waals surface area contributed by atoms with E-state index in [4.69, 9.17) is 14.6 Å². The molecule has 0 rings (SSSR count). The number of carboxylic acid groups (broad SMARTS) is 1. The Bertz CT molecular complexity index is 461. The van der Waals surface area contributed by atoms with E-state index in [-0.39, 0.29) is 31.8 Å². The lowest BCUT2D eigenvalue weighted by atomic mass is 10.1. The highest BCUT2D eigenvalue weighted by Crippen LogP contribution is 2.25. The molecule has 0 amide bonds. The monoisotopic (exact) mass is 364 g/mol. The van der Waals surface area contributed by atoms with E-state index in [9.17, 15) is 19.2 Å². The molecule has 0 fully saturated rings. The summed E-state index contributed by atoms with van der Waals surface area (Å²) < 4.78 is 23.0. The lowest BCUT2D eigenvalue weighted by Crippen LogP contribution is -2.48. The quantitative estimate of drug-likeness (QED) is 0.251. The van der Waals surface area contributed by atoms with Crippen LogP contribution < -0.4 is 0 Å². The summed E-state index contributed by atoms with van der Waals surface area (Å²) in [6, 6.07) is 0. The van der Waals surface area contributed by atoms with Crippen LogP contribution in [-0.2, 0) is 33.3 Å². The molecule has 1 unspecified atom stereocenters. The van der Waals surface area contributed by atoms with E-state index in [2.05, 4.69) is 14.2 Å². The zero-order chi connectivity index (χ0) is 19.3. The van der Waals surface area contributed by atoms with Crippen LogP contribution in [0.15, 0.2) is 0 Å². The van der Waals surface area contributed by atoms with Crippen molar-refractivity contribution < 1.29 is 48.0 Å². The lowest BCUT2D eigenvalue weighted by Gasteiger charge is -2.28. The molecule has 0 saturated carbocycles. The number of methoxy groups -OCH3 is 2. The van der Waals surface area contributed by atoms with Crippen molar-refractivity contribution in [2.45, 2.75) is 51.2 Å². The topological polar surface area (TPSA) is 135 Å². The number of rotatable bonds is 11. The molecule has 0 aliphatic heterocycles. The standard InChI is InChI=1S/C15H24O10/c1-4-10-23-14(20)25-15(12(17)22-3,24-13(18)19)9-7-5-6-8-11(16)21-2/h4-10H2,1-3H3,(H,18,19). The molecular formula is C15H24O10. The molecule has 0 aromatic rings. The summed E-state index contributed by atoms with van der Waals surface area (Å²) in [7, 11) is 2.27. The minimum Gasteiger partial charge on any atom is -0.469 e. The first-order valence-electron chi connectivity index (χ1n) is 7.74. The second-order valence-corrected chi connectivity index (χ2v) is 4.95. The molecule has 0 aromatic carbocycles. The molecule has 0 spiro atoms. The van der Waals surface area contributed by atoms with Crippen LogP contribution in [-0.4, -0.2) is 56.0 Å². The molecule has 10 heteroatoms. The number of unbranched alkanes of at least 4 members (excludes halogenated alkanes) is 2. The molecule has 0 radical (unpaired) electrons. The van der Waals surface area contributed by atoms with Crippen molar-refractivity contribution in [2.75, 3.05) is 20.8 Å². The maximum absolute atomic E-state index is 12.0. The summed E-state index contributed by atoms with van der Waals surface area (Å²) in [5, 5.41) is 8.87. The van der Waals surface area contributed by atoms with E-state index in [1.807, 2.05) is 0 Å². The van der Waals surface area contributed by atoms with Crippen LogP contribution in [0.5, 0.6) is 0 Å². The van der Waals surface area contributed by atoms with Crippen molar-refractivity contribution in [2.24, 2.45) is 0 Å². The van der Waals surface area contributed by atoms with Gasteiger partial charge in [-0.3, -0.25) is 4.79 Å². The third kappa shape index (κ3) is 8.77. The highest BCUT2D eigenvalue weighted by Gasteiger charge is 2.48. The van der Waals surface area contributed by atoms with E-state index >= 15 is 0 Å². The molecule has 10 nitrogen and oxygen atoms in total. The van der Waals surface area contributed by atoms with E-state index in [0.717, 1.165) is 7.11 Å². The predicted octanol–water partition coefficient (Wildman–Crippen LogP) is 2.24. The molecular weight excluding hydrogens is 340 g/mol. The van der Waals surface area contributed by atoms with Gasteiger partial charge in [0.25, 0.3) is 0 Å². The van der Waals surface area contributed by atoms with E-state index in [1.165, 1.54) is 7.11 Å². The van der Waals surface area contributed by atoms with Crippen molar-refractivity contribution in [1.82, 2.24) is 0 Å². The van der Waals surface area contributed by atoms with Gasteiger partial charge in [0.1, 0.15) is 0 Å². The summed E-state index contributed by atoms with van der Waals surface area (Å²) in [6.45, 7) is 1.78. The predicted molar refractivity (Wildman–Crippen MR) is 81.7 cm³/mol. The molecule has 0 aliphatic carbocycles. The maximum atomic E-state index is 12.0. The van der Waals surface area contributed by atoms with E-state index in [1.54, 1.807) is 6.92 Å². The van der Waals surface area contributed by atoms with Gasteiger partial charge in [0.2, 0.25) is 0 Å². The molecule has 0 aliphatic rings. The molecule has 0 aromatic heterocycles. The second-order valence-electron chi connectivity index (χ2n) is 4.95. The smallest absolute Gasteiger partial charge is 0.469 e. The van der Waals surface area contributed by atoms with Gasteiger partial charge in [-0.15, -0.1) is 0 Å². The molecule has 0 bridgehead atoms. The molecule has 1 atom stereocenters. The second kappa shape index (κ2) is 11.9. The van der Waals surface area contributed by atoms with Gasteiger partial charge in [0.05, 0.1) is 20.8 Å². The first kappa shape index (κ1) is 22.5. The number of hydrogen-bond donors (Lipinski definition) is 1. The third-order valence-corrected chi connectivity index (χ3v) is 3.04. The number of hydrogen-bond acceptors (Lipinski definition) is 9. The molecule has 0 heterocycles. The van der Waals surface area contributed by atoms with Crippen molar-refractivity contribution >= 4 is 24.2 Å². The van der Waals surface area contributed by atoms with Gasteiger partial charge < -0.3 is 28.8 Å². The van der Waals surface area contributed by atoms with Crippen LogP contribution in [0.2, 0.25) is 0 Å². The lowest BCUT2D eigenvalue weighted by molar-refractivity contribution is -0.218. The summed E-state index contributed by atoms with van der Waals surface area (Å²) >= 11 is 0. The normalized spacial score (nSPS) is 12.4. The summed E-state index contributed by atoms with van der Waals surface area (Å²) in [5.74, 6) is -4.03. The Balaban J connectivity index is 4.94. The van der Waals surface area contributed by atoms with Crippen LogP contribution in [0.25, 0.3) is 0 Å². The number of carbonyl (C=O) groups excluding carboxylic acids is 3. The zero-order valence-electron chi connectivity index (χ0n) is 14.6. The van der Waals surface area contributed by atoms with Gasteiger partial charge in [-0.25, -0.2) is 14.4 Å². The van der Waals surface area contributed by atoms with Gasteiger partial charge in [-0.05, 0) is 19.3 Å². The summed E-state index contributed by atoms with van der Waals surface area (Å²) in [5.41, 5.74) is 0. The van der Waals surface area contributed by atoms with Crippen molar-refractivity contribution in [1.29, 1.82) is 0 Å². The van der Waals surface area contributed by atoms with Gasteiger partial charge in [0.15, 0.2) is 0 Å². The molecule has 0 saturated heterocycles. The number of esters is 2. The van der Waals surface area contributed by atoms with Crippen LogP contribution in [0.3, 0.4) is 0 Å². The highest BCUT2D eigenvalue weighted by molar-refractivity contribution is 5.82. The minimum atomic E-state index is -2.46. The maximum Gasteiger partial charge on any atom is 0.512 e. The first-order chi connectivity index (χ1) is 11.8. The van der Waals surface area contributed by atoms with E-state index < -0.39 is 24.1 Å². The van der Waals surface area contributed by atoms with Gasteiger partial charge in [-0.2, -0.15) is 0 Å². The molecule has 1 N–H and O–H groups in total. The average Bonchev–Trinajstić information content (AvgIpc) is 2.57. The van der Waals surface area contributed by atoms with Crippen molar-refractivity contribution in [3.63, 3.8) is 0 Å². The highest BCUT2D eigenvalue weighted by atomic mass is 16.8. The van der Waals surface area contributed by atoms with Crippen molar-refractivity contribution in [3.05, 3.63) is 0 Å². The van der Waals surface area contributed by atoms with Gasteiger partial charge in [-0.1, -0.05) is 13.3 Å². The Morgan fingerprint density at radius 2 is 1.64 bits per heavy atom. The van der Waals surface area contributed by atoms with Crippen LogP contribution >= 0.6 is 0 Å². The number of carbonyl (C=O) groups is 4. The van der Waals surface area contributed by atoms with Crippen LogP contribution in [0.4, 0.5) is 9.59 Å². The number of ether oxygens (including phenoxy) is 5. The van der Waals surface area contributed by atoms with E-state index in [0.29, 0.717) is 19.3 Å². The van der Waals surface area contributed by atoms with Crippen LogP contribution in [0, 0.1) is 0 Å². The zero-order valence-corrected chi connectivity index (χ0v) is 14.6.